The number of phenols is 2. The first-order chi connectivity index (χ1) is 21.8. The maximum absolute atomic E-state index is 11.2. The first-order valence-electron chi connectivity index (χ1n) is 15.0. The van der Waals surface area contributed by atoms with Crippen molar-refractivity contribution in [3.05, 3.63) is 94.0 Å². The van der Waals surface area contributed by atoms with Gasteiger partial charge in [-0.05, 0) is 104 Å². The first-order valence-corrected chi connectivity index (χ1v) is 15.0. The molecular weight excluding hydrogens is 572 g/mol. The Labute approximate surface area is 263 Å². The van der Waals surface area contributed by atoms with Gasteiger partial charge >= 0.3 is 0 Å². The van der Waals surface area contributed by atoms with Crippen LogP contribution in [0.15, 0.2) is 60.7 Å². The summed E-state index contributed by atoms with van der Waals surface area (Å²) >= 11 is 0. The second-order valence-electron chi connectivity index (χ2n) is 11.7. The van der Waals surface area contributed by atoms with Gasteiger partial charge < -0.3 is 34.1 Å². The maximum Gasteiger partial charge on any atom is 0.201 e. The van der Waals surface area contributed by atoms with Crippen molar-refractivity contribution in [1.29, 1.82) is 0 Å². The number of hydrogen-bond donors (Lipinski definition) is 2. The number of aromatic hydroxyl groups is 2. The molecule has 1 unspecified atom stereocenters. The van der Waals surface area contributed by atoms with Crippen molar-refractivity contribution < 1.29 is 34.0 Å². The average Bonchev–Trinajstić information content (AvgIpc) is 3.05. The van der Waals surface area contributed by atoms with Crippen LogP contribution in [0.5, 0.6) is 46.0 Å². The third-order valence-corrected chi connectivity index (χ3v) is 8.79. The molecule has 0 radical (unpaired) electrons. The molecule has 0 aliphatic carbocycles. The zero-order chi connectivity index (χ0) is 31.7. The van der Waals surface area contributed by atoms with Crippen LogP contribution in [0.25, 0.3) is 0 Å². The molecule has 0 bridgehead atoms. The van der Waals surface area contributed by atoms with Crippen LogP contribution in [0.4, 0.5) is 0 Å². The predicted octanol–water partition coefficient (Wildman–Crippen LogP) is 6.27. The van der Waals surface area contributed by atoms with Crippen molar-refractivity contribution in [2.45, 2.75) is 31.8 Å². The molecule has 9 heteroatoms. The summed E-state index contributed by atoms with van der Waals surface area (Å²) in [5, 5.41) is 21.3. The van der Waals surface area contributed by atoms with Crippen molar-refractivity contribution in [3.8, 4) is 46.0 Å². The highest BCUT2D eigenvalue weighted by Crippen LogP contribution is 2.48. The lowest BCUT2D eigenvalue weighted by molar-refractivity contribution is 0.112. The van der Waals surface area contributed by atoms with Crippen LogP contribution >= 0.6 is 0 Å². The lowest BCUT2D eigenvalue weighted by Crippen LogP contribution is -2.33. The third kappa shape index (κ3) is 6.14. The number of hydrogen-bond acceptors (Lipinski definition) is 9. The molecule has 0 saturated carbocycles. The molecule has 2 aliphatic heterocycles. The maximum atomic E-state index is 11.2. The smallest absolute Gasteiger partial charge is 0.201 e. The molecule has 2 heterocycles. The van der Waals surface area contributed by atoms with Gasteiger partial charge in [-0.15, -0.1) is 0 Å². The van der Waals surface area contributed by atoms with E-state index in [1.807, 2.05) is 36.4 Å². The molecule has 2 N–H and O–H groups in total. The molecule has 0 aromatic heterocycles. The van der Waals surface area contributed by atoms with Gasteiger partial charge in [-0.3, -0.25) is 9.69 Å². The van der Waals surface area contributed by atoms with Gasteiger partial charge in [-0.25, -0.2) is 0 Å². The SMILES string of the molecule is COc1cc2c(cc1Oc1c(O)c(OC)cc3c1CN(C)CC3)C(Cc1ccc(Oc3cc(C=O)ccc3O)cc1)N(C)CC2. The molecule has 0 spiro atoms. The molecule has 0 amide bonds. The standard InChI is InChI=1S/C36H38N2O7/c1-37-13-11-25-18-34(43-4)35(41)36(28(25)20-37)45-33-19-27-24(17-32(33)42-3)12-14-38(2)29(27)15-22-5-8-26(9-6-22)44-31-16-23(21-39)7-10-30(31)40/h5-10,16-19,21,29,40-41H,11-15,20H2,1-4H3. The second-order valence-corrected chi connectivity index (χ2v) is 11.7. The van der Waals surface area contributed by atoms with Gasteiger partial charge in [-0.1, -0.05) is 12.1 Å². The quantitative estimate of drug-likeness (QED) is 0.212. The highest BCUT2D eigenvalue weighted by atomic mass is 16.5. The fourth-order valence-corrected chi connectivity index (χ4v) is 6.22. The van der Waals surface area contributed by atoms with Gasteiger partial charge in [0.2, 0.25) is 5.75 Å². The third-order valence-electron chi connectivity index (χ3n) is 8.79. The van der Waals surface area contributed by atoms with Crippen LogP contribution in [0.3, 0.4) is 0 Å². The van der Waals surface area contributed by atoms with E-state index in [0.29, 0.717) is 47.1 Å². The molecule has 4 aromatic rings. The molecular formula is C36H38N2O7. The summed E-state index contributed by atoms with van der Waals surface area (Å²) in [5.41, 5.74) is 5.93. The van der Waals surface area contributed by atoms with Crippen molar-refractivity contribution in [2.24, 2.45) is 0 Å². The highest BCUT2D eigenvalue weighted by Gasteiger charge is 2.29. The van der Waals surface area contributed by atoms with Crippen LogP contribution < -0.4 is 18.9 Å². The lowest BCUT2D eigenvalue weighted by atomic mass is 9.88. The van der Waals surface area contributed by atoms with Crippen molar-refractivity contribution in [3.63, 3.8) is 0 Å². The van der Waals surface area contributed by atoms with Crippen molar-refractivity contribution >= 4 is 6.29 Å². The van der Waals surface area contributed by atoms with Crippen molar-refractivity contribution in [1.82, 2.24) is 9.80 Å². The number of aldehydes is 1. The number of phenolic OH excluding ortho intramolecular Hbond substituents is 2. The Hall–Kier alpha value is -4.73. The van der Waals surface area contributed by atoms with E-state index in [1.54, 1.807) is 14.2 Å². The predicted molar refractivity (Wildman–Crippen MR) is 171 cm³/mol. The average molecular weight is 611 g/mol. The van der Waals surface area contributed by atoms with Gasteiger partial charge in [0.15, 0.2) is 34.5 Å². The largest absolute Gasteiger partial charge is 0.504 e. The van der Waals surface area contributed by atoms with Crippen LogP contribution in [0, 0.1) is 0 Å². The van der Waals surface area contributed by atoms with Gasteiger partial charge in [-0.2, -0.15) is 0 Å². The van der Waals surface area contributed by atoms with Gasteiger partial charge in [0, 0.05) is 36.8 Å². The number of fused-ring (bicyclic) bond motifs is 2. The number of ether oxygens (including phenoxy) is 4. The molecule has 234 valence electrons. The van der Waals surface area contributed by atoms with E-state index in [-0.39, 0.29) is 23.3 Å². The number of benzene rings is 4. The summed E-state index contributed by atoms with van der Waals surface area (Å²) in [6, 6.07) is 18.3. The van der Waals surface area contributed by atoms with Crippen LogP contribution in [0.2, 0.25) is 0 Å². The normalized spacial score (nSPS) is 16.4. The topological polar surface area (TPSA) is 101 Å². The molecule has 2 aliphatic rings. The summed E-state index contributed by atoms with van der Waals surface area (Å²) in [6.45, 7) is 2.47. The summed E-state index contributed by atoms with van der Waals surface area (Å²) < 4.78 is 23.7. The van der Waals surface area contributed by atoms with Crippen LogP contribution in [0.1, 0.15) is 44.2 Å². The van der Waals surface area contributed by atoms with Gasteiger partial charge in [0.1, 0.15) is 12.0 Å². The molecule has 9 nitrogen and oxygen atoms in total. The first kappa shape index (κ1) is 30.3. The number of likely N-dealkylation sites (N-methyl/N-ethyl adjacent to an activating group) is 2. The van der Waals surface area contributed by atoms with Crippen LogP contribution in [-0.4, -0.2) is 67.7 Å². The Bertz CT molecular complexity index is 1720. The summed E-state index contributed by atoms with van der Waals surface area (Å²) in [7, 11) is 7.36. The minimum atomic E-state index is -0.0339. The number of nitrogens with zero attached hydrogens (tertiary/aromatic N) is 2. The lowest BCUT2D eigenvalue weighted by Gasteiger charge is -2.35. The Kier molecular flexibility index (Phi) is 8.56. The van der Waals surface area contributed by atoms with Crippen molar-refractivity contribution in [2.75, 3.05) is 41.4 Å². The zero-order valence-corrected chi connectivity index (χ0v) is 26.0. The number of methoxy groups -OCH3 is 2. The Balaban J connectivity index is 1.30. The summed E-state index contributed by atoms with van der Waals surface area (Å²) in [4.78, 5) is 15.7. The van der Waals surface area contributed by atoms with E-state index in [0.717, 1.165) is 54.6 Å². The minimum Gasteiger partial charge on any atom is -0.504 e. The summed E-state index contributed by atoms with van der Waals surface area (Å²) in [6.07, 6.45) is 3.17. The van der Waals surface area contributed by atoms with E-state index in [2.05, 4.69) is 30.0 Å². The Morgan fingerprint density at radius 2 is 1.56 bits per heavy atom. The number of carbonyl (C=O) groups excluding carboxylic acids is 1. The molecule has 0 fully saturated rings. The van der Waals surface area contributed by atoms with E-state index < -0.39 is 0 Å². The van der Waals surface area contributed by atoms with Crippen LogP contribution in [-0.2, 0) is 25.8 Å². The second kappa shape index (κ2) is 12.7. The molecule has 6 rings (SSSR count). The van der Waals surface area contributed by atoms with E-state index in [4.69, 9.17) is 18.9 Å². The minimum absolute atomic E-state index is 0.0199. The molecule has 1 atom stereocenters. The van der Waals surface area contributed by atoms with E-state index in [1.165, 1.54) is 23.8 Å². The molecule has 45 heavy (non-hydrogen) atoms. The van der Waals surface area contributed by atoms with Gasteiger partial charge in [0.25, 0.3) is 0 Å². The van der Waals surface area contributed by atoms with E-state index >= 15 is 0 Å². The Morgan fingerprint density at radius 1 is 0.822 bits per heavy atom. The molecule has 0 saturated heterocycles. The zero-order valence-electron chi connectivity index (χ0n) is 26.0. The summed E-state index contributed by atoms with van der Waals surface area (Å²) in [5.74, 6) is 2.67. The van der Waals surface area contributed by atoms with Gasteiger partial charge in [0.05, 0.1) is 14.2 Å². The molecule has 4 aromatic carbocycles. The van der Waals surface area contributed by atoms with E-state index in [9.17, 15) is 15.0 Å². The number of rotatable bonds is 9. The number of carbonyl (C=O) groups is 1. The highest BCUT2D eigenvalue weighted by molar-refractivity contribution is 5.76. The fourth-order valence-electron chi connectivity index (χ4n) is 6.22. The Morgan fingerprint density at radius 3 is 2.29 bits per heavy atom. The fraction of sp³-hybridized carbons (Fsp3) is 0.306. The monoisotopic (exact) mass is 610 g/mol.